The van der Waals surface area contributed by atoms with E-state index in [0.29, 0.717) is 17.9 Å². The Kier molecular flexibility index (Phi) is 6.19. The molecule has 114 valence electrons. The molecule has 0 aliphatic rings. The Morgan fingerprint density at radius 3 is 2.38 bits per heavy atom. The fourth-order valence-electron chi connectivity index (χ4n) is 1.49. The van der Waals surface area contributed by atoms with Crippen molar-refractivity contribution in [2.45, 2.75) is 19.9 Å². The second kappa shape index (κ2) is 7.88. The van der Waals surface area contributed by atoms with Crippen LogP contribution in [0.25, 0.3) is 0 Å². The van der Waals surface area contributed by atoms with Crippen LogP contribution in [0.4, 0.5) is 0 Å². The van der Waals surface area contributed by atoms with Gasteiger partial charge < -0.3 is 20.5 Å². The highest BCUT2D eigenvalue weighted by Gasteiger charge is 2.14. The Hall–Kier alpha value is -2.57. The maximum Gasteiger partial charge on any atom is 0.325 e. The van der Waals surface area contributed by atoms with Gasteiger partial charge in [0, 0.05) is 5.56 Å². The molecule has 0 aliphatic carbocycles. The van der Waals surface area contributed by atoms with Crippen molar-refractivity contribution >= 4 is 17.8 Å². The first-order valence-corrected chi connectivity index (χ1v) is 6.47. The van der Waals surface area contributed by atoms with Gasteiger partial charge in [0.2, 0.25) is 5.91 Å². The molecule has 0 spiro atoms. The quantitative estimate of drug-likeness (QED) is 0.675. The molecule has 1 rings (SSSR count). The molecule has 7 heteroatoms. The molecule has 7 nitrogen and oxygen atoms in total. The van der Waals surface area contributed by atoms with Gasteiger partial charge in [-0.1, -0.05) is 0 Å². The first kappa shape index (κ1) is 16.5. The fourth-order valence-corrected chi connectivity index (χ4v) is 1.49. The van der Waals surface area contributed by atoms with Gasteiger partial charge in [0.1, 0.15) is 11.8 Å². The monoisotopic (exact) mass is 294 g/mol. The van der Waals surface area contributed by atoms with Gasteiger partial charge in [-0.15, -0.1) is 0 Å². The van der Waals surface area contributed by atoms with Crippen molar-refractivity contribution in [1.82, 2.24) is 10.6 Å². The van der Waals surface area contributed by atoms with Crippen LogP contribution in [0.2, 0.25) is 0 Å². The summed E-state index contributed by atoms with van der Waals surface area (Å²) < 4.78 is 5.25. The zero-order valence-corrected chi connectivity index (χ0v) is 11.9. The molecule has 0 heterocycles. The van der Waals surface area contributed by atoms with Crippen LogP contribution in [0.3, 0.4) is 0 Å². The molecule has 1 aromatic rings. The molecule has 0 fully saturated rings. The summed E-state index contributed by atoms with van der Waals surface area (Å²) in [4.78, 5) is 33.8. The van der Waals surface area contributed by atoms with E-state index >= 15 is 0 Å². The number of amides is 2. The second-order valence-electron chi connectivity index (χ2n) is 4.27. The zero-order chi connectivity index (χ0) is 15.8. The number of hydrogen-bond acceptors (Lipinski definition) is 4. The number of benzene rings is 1. The molecule has 1 atom stereocenters. The number of ether oxygens (including phenoxy) is 1. The van der Waals surface area contributed by atoms with E-state index in [4.69, 9.17) is 9.84 Å². The first-order chi connectivity index (χ1) is 9.93. The summed E-state index contributed by atoms with van der Waals surface area (Å²) >= 11 is 0. The summed E-state index contributed by atoms with van der Waals surface area (Å²) in [7, 11) is 0. The van der Waals surface area contributed by atoms with Gasteiger partial charge in [-0.25, -0.2) is 0 Å². The Labute approximate surface area is 122 Å². The Balaban J connectivity index is 2.46. The van der Waals surface area contributed by atoms with Gasteiger partial charge in [-0.3, -0.25) is 14.4 Å². The molecule has 0 radical (unpaired) electrons. The van der Waals surface area contributed by atoms with E-state index in [2.05, 4.69) is 10.6 Å². The zero-order valence-electron chi connectivity index (χ0n) is 11.9. The number of rotatable bonds is 7. The van der Waals surface area contributed by atoms with Crippen molar-refractivity contribution in [3.8, 4) is 5.75 Å². The van der Waals surface area contributed by atoms with Crippen LogP contribution in [0.15, 0.2) is 24.3 Å². The van der Waals surface area contributed by atoms with Crippen LogP contribution in [0.1, 0.15) is 24.2 Å². The second-order valence-corrected chi connectivity index (χ2v) is 4.27. The van der Waals surface area contributed by atoms with E-state index in [9.17, 15) is 14.4 Å². The lowest BCUT2D eigenvalue weighted by Crippen LogP contribution is -2.43. The summed E-state index contributed by atoms with van der Waals surface area (Å²) in [6, 6.07) is 5.48. The third-order valence-electron chi connectivity index (χ3n) is 2.58. The lowest BCUT2D eigenvalue weighted by atomic mass is 10.2. The number of hydrogen-bond donors (Lipinski definition) is 3. The van der Waals surface area contributed by atoms with E-state index in [-0.39, 0.29) is 6.54 Å². The Morgan fingerprint density at radius 2 is 1.86 bits per heavy atom. The molecular weight excluding hydrogens is 276 g/mol. The topological polar surface area (TPSA) is 105 Å². The van der Waals surface area contributed by atoms with Crippen molar-refractivity contribution in [1.29, 1.82) is 0 Å². The SMILES string of the molecule is CCOc1ccc(C(=O)NCC(=O)N[C@H](C)C(=O)O)cc1. The van der Waals surface area contributed by atoms with Gasteiger partial charge in [0.15, 0.2) is 0 Å². The Morgan fingerprint density at radius 1 is 1.24 bits per heavy atom. The molecule has 21 heavy (non-hydrogen) atoms. The van der Waals surface area contributed by atoms with Gasteiger partial charge in [0.25, 0.3) is 5.91 Å². The van der Waals surface area contributed by atoms with Crippen LogP contribution >= 0.6 is 0 Å². The molecule has 0 aliphatic heterocycles. The van der Waals surface area contributed by atoms with Crippen LogP contribution < -0.4 is 15.4 Å². The largest absolute Gasteiger partial charge is 0.494 e. The normalized spacial score (nSPS) is 11.3. The minimum absolute atomic E-state index is 0.288. The average Bonchev–Trinajstić information content (AvgIpc) is 2.45. The first-order valence-electron chi connectivity index (χ1n) is 6.47. The number of carbonyl (C=O) groups is 3. The van der Waals surface area contributed by atoms with Crippen LogP contribution in [-0.2, 0) is 9.59 Å². The van der Waals surface area contributed by atoms with E-state index in [0.717, 1.165) is 0 Å². The highest BCUT2D eigenvalue weighted by Crippen LogP contribution is 2.11. The molecule has 0 saturated carbocycles. The van der Waals surface area contributed by atoms with Crippen molar-refractivity contribution in [3.63, 3.8) is 0 Å². The van der Waals surface area contributed by atoms with Gasteiger partial charge in [0.05, 0.1) is 13.2 Å². The minimum Gasteiger partial charge on any atom is -0.494 e. The highest BCUT2D eigenvalue weighted by atomic mass is 16.5. The molecule has 0 saturated heterocycles. The molecule has 0 aromatic heterocycles. The molecule has 3 N–H and O–H groups in total. The predicted octanol–water partition coefficient (Wildman–Crippen LogP) is 0.404. The number of nitrogens with one attached hydrogen (secondary N) is 2. The summed E-state index contributed by atoms with van der Waals surface area (Å²) in [5.41, 5.74) is 0.387. The van der Waals surface area contributed by atoms with Gasteiger partial charge in [-0.2, -0.15) is 0 Å². The fraction of sp³-hybridized carbons (Fsp3) is 0.357. The minimum atomic E-state index is -1.14. The molecule has 0 unspecified atom stereocenters. The number of carboxylic acids is 1. The van der Waals surface area contributed by atoms with E-state index in [1.807, 2.05) is 6.92 Å². The average molecular weight is 294 g/mol. The van der Waals surface area contributed by atoms with Crippen LogP contribution in [-0.4, -0.2) is 42.1 Å². The Bertz CT molecular complexity index is 513. The molecule has 1 aromatic carbocycles. The van der Waals surface area contributed by atoms with Crippen molar-refractivity contribution in [3.05, 3.63) is 29.8 Å². The van der Waals surface area contributed by atoms with Gasteiger partial charge in [-0.05, 0) is 38.1 Å². The lowest BCUT2D eigenvalue weighted by molar-refractivity contribution is -0.141. The molecule has 2 amide bonds. The van der Waals surface area contributed by atoms with Crippen molar-refractivity contribution in [2.24, 2.45) is 0 Å². The molecule has 0 bridgehead atoms. The number of carbonyl (C=O) groups excluding carboxylic acids is 2. The van der Waals surface area contributed by atoms with E-state index in [1.165, 1.54) is 6.92 Å². The summed E-state index contributed by atoms with van der Waals surface area (Å²) in [6.45, 7) is 3.45. The predicted molar refractivity (Wildman–Crippen MR) is 75.2 cm³/mol. The van der Waals surface area contributed by atoms with E-state index < -0.39 is 23.8 Å². The van der Waals surface area contributed by atoms with E-state index in [1.54, 1.807) is 24.3 Å². The third-order valence-corrected chi connectivity index (χ3v) is 2.58. The summed E-state index contributed by atoms with van der Waals surface area (Å²) in [5, 5.41) is 13.3. The van der Waals surface area contributed by atoms with Crippen LogP contribution in [0.5, 0.6) is 5.75 Å². The smallest absolute Gasteiger partial charge is 0.325 e. The number of aliphatic carboxylic acids is 1. The van der Waals surface area contributed by atoms with Crippen LogP contribution in [0, 0.1) is 0 Å². The standard InChI is InChI=1S/C14H18N2O5/c1-3-21-11-6-4-10(5-7-11)13(18)15-8-12(17)16-9(2)14(19)20/h4-7,9H,3,8H2,1-2H3,(H,15,18)(H,16,17)(H,19,20)/t9-/m1/s1. The molecular formula is C14H18N2O5. The summed E-state index contributed by atoms with van der Waals surface area (Å²) in [5.74, 6) is -1.47. The summed E-state index contributed by atoms with van der Waals surface area (Å²) in [6.07, 6.45) is 0. The van der Waals surface area contributed by atoms with Crippen molar-refractivity contribution in [2.75, 3.05) is 13.2 Å². The van der Waals surface area contributed by atoms with Gasteiger partial charge >= 0.3 is 5.97 Å². The maximum absolute atomic E-state index is 11.8. The number of carboxylic acid groups (broad SMARTS) is 1. The third kappa shape index (κ3) is 5.52. The van der Waals surface area contributed by atoms with Crippen molar-refractivity contribution < 1.29 is 24.2 Å². The maximum atomic E-state index is 11.8. The lowest BCUT2D eigenvalue weighted by Gasteiger charge is -2.10. The highest BCUT2D eigenvalue weighted by molar-refractivity contribution is 5.96.